The molecule has 0 aliphatic heterocycles. The molecule has 0 aromatic heterocycles. The Morgan fingerprint density at radius 3 is 2.26 bits per heavy atom. The number of ether oxygens (including phenoxy) is 1. The van der Waals surface area contributed by atoms with Crippen LogP contribution < -0.4 is 5.32 Å². The average Bonchev–Trinajstić information content (AvgIpc) is 2.58. The molecule has 1 aliphatic carbocycles. The van der Waals surface area contributed by atoms with E-state index in [9.17, 15) is 4.79 Å². The summed E-state index contributed by atoms with van der Waals surface area (Å²) in [7, 11) is 5.22. The third kappa shape index (κ3) is 8.75. The molecule has 1 fully saturated rings. The summed E-state index contributed by atoms with van der Waals surface area (Å²) in [4.78, 5) is 11.3. The fourth-order valence-electron chi connectivity index (χ4n) is 2.94. The molecule has 132 valence electrons. The van der Waals surface area contributed by atoms with E-state index < -0.39 is 0 Å². The molecule has 0 saturated heterocycles. The predicted octanol–water partition coefficient (Wildman–Crippen LogP) is 4.69. The van der Waals surface area contributed by atoms with Gasteiger partial charge in [-0.3, -0.25) is 4.79 Å². The van der Waals surface area contributed by atoms with Crippen molar-refractivity contribution < 1.29 is 9.53 Å². The van der Waals surface area contributed by atoms with E-state index in [2.05, 4.69) is 36.5 Å². The molecule has 23 heavy (non-hydrogen) atoms. The van der Waals surface area contributed by atoms with Crippen LogP contribution in [0.25, 0.3) is 0 Å². The molecule has 1 aromatic carbocycles. The SMILES string of the molecule is CC.CNC.COC(=O)C[C@H]1CCC[C@@H](c2ccc(C)cc2)C1. The van der Waals surface area contributed by atoms with Crippen molar-refractivity contribution in [1.82, 2.24) is 5.32 Å². The fraction of sp³-hybridized carbons (Fsp3) is 0.650. The highest BCUT2D eigenvalue weighted by atomic mass is 16.5. The molecule has 0 spiro atoms. The highest BCUT2D eigenvalue weighted by Crippen LogP contribution is 2.37. The Labute approximate surface area is 142 Å². The number of nitrogens with one attached hydrogen (secondary N) is 1. The smallest absolute Gasteiger partial charge is 0.305 e. The van der Waals surface area contributed by atoms with Crippen LogP contribution in [0, 0.1) is 12.8 Å². The Bertz CT molecular complexity index is 414. The quantitative estimate of drug-likeness (QED) is 0.821. The first-order valence-electron chi connectivity index (χ1n) is 8.82. The van der Waals surface area contributed by atoms with Crippen LogP contribution in [-0.4, -0.2) is 27.2 Å². The normalized spacial score (nSPS) is 19.6. The van der Waals surface area contributed by atoms with Crippen molar-refractivity contribution in [2.75, 3.05) is 21.2 Å². The first-order chi connectivity index (χ1) is 11.1. The maximum Gasteiger partial charge on any atom is 0.305 e. The van der Waals surface area contributed by atoms with Crippen LogP contribution in [0.15, 0.2) is 24.3 Å². The van der Waals surface area contributed by atoms with Gasteiger partial charge in [0.25, 0.3) is 0 Å². The van der Waals surface area contributed by atoms with Crippen molar-refractivity contribution in [3.8, 4) is 0 Å². The number of esters is 1. The third-order valence-electron chi connectivity index (χ3n) is 4.01. The van der Waals surface area contributed by atoms with Crippen molar-refractivity contribution >= 4 is 5.97 Å². The van der Waals surface area contributed by atoms with Crippen molar-refractivity contribution in [3.63, 3.8) is 0 Å². The van der Waals surface area contributed by atoms with Gasteiger partial charge >= 0.3 is 5.97 Å². The van der Waals surface area contributed by atoms with Crippen molar-refractivity contribution in [2.45, 2.75) is 58.8 Å². The topological polar surface area (TPSA) is 38.3 Å². The minimum absolute atomic E-state index is 0.0652. The summed E-state index contributed by atoms with van der Waals surface area (Å²) in [6.07, 6.45) is 5.34. The molecule has 0 amide bonds. The van der Waals surface area contributed by atoms with Gasteiger partial charge in [-0.15, -0.1) is 0 Å². The first kappa shape index (κ1) is 21.6. The van der Waals surface area contributed by atoms with Gasteiger partial charge in [0.1, 0.15) is 0 Å². The second-order valence-electron chi connectivity index (χ2n) is 5.92. The molecule has 0 bridgehead atoms. The molecule has 1 aliphatic rings. The van der Waals surface area contributed by atoms with Crippen LogP contribution in [0.2, 0.25) is 0 Å². The summed E-state index contributed by atoms with van der Waals surface area (Å²) in [5, 5.41) is 2.75. The fourth-order valence-corrected chi connectivity index (χ4v) is 2.94. The lowest BCUT2D eigenvalue weighted by Crippen LogP contribution is -2.18. The van der Waals surface area contributed by atoms with Crippen LogP contribution >= 0.6 is 0 Å². The summed E-state index contributed by atoms with van der Waals surface area (Å²) >= 11 is 0. The Morgan fingerprint density at radius 1 is 1.17 bits per heavy atom. The lowest BCUT2D eigenvalue weighted by Gasteiger charge is -2.28. The van der Waals surface area contributed by atoms with Gasteiger partial charge in [0.05, 0.1) is 7.11 Å². The molecular formula is C20H35NO2. The number of rotatable bonds is 3. The average molecular weight is 322 g/mol. The van der Waals surface area contributed by atoms with E-state index in [1.165, 1.54) is 31.1 Å². The van der Waals surface area contributed by atoms with Crippen LogP contribution in [0.5, 0.6) is 0 Å². The number of carbonyl (C=O) groups is 1. The van der Waals surface area contributed by atoms with Gasteiger partial charge in [-0.05, 0) is 57.7 Å². The highest BCUT2D eigenvalue weighted by molar-refractivity contribution is 5.69. The Balaban J connectivity index is 0.000000868. The largest absolute Gasteiger partial charge is 0.469 e. The van der Waals surface area contributed by atoms with Crippen molar-refractivity contribution in [2.24, 2.45) is 5.92 Å². The Kier molecular flexibility index (Phi) is 12.4. The maximum absolute atomic E-state index is 11.3. The molecule has 0 heterocycles. The van der Waals surface area contributed by atoms with E-state index >= 15 is 0 Å². The van der Waals surface area contributed by atoms with Crippen LogP contribution in [0.3, 0.4) is 0 Å². The van der Waals surface area contributed by atoms with Gasteiger partial charge in [-0.1, -0.05) is 50.1 Å². The van der Waals surface area contributed by atoms with Gasteiger partial charge in [-0.2, -0.15) is 0 Å². The second-order valence-corrected chi connectivity index (χ2v) is 5.92. The molecule has 0 unspecified atom stereocenters. The van der Waals surface area contributed by atoms with E-state index in [-0.39, 0.29) is 5.97 Å². The van der Waals surface area contributed by atoms with Crippen LogP contribution in [0.1, 0.15) is 63.0 Å². The van der Waals surface area contributed by atoms with Gasteiger partial charge in [0, 0.05) is 6.42 Å². The standard InChI is InChI=1S/C16H22O2.C2H7N.C2H6/c1-12-6-8-14(9-7-12)15-5-3-4-13(10-15)11-16(17)18-2;1-3-2;1-2/h6-9,13,15H,3-5,10-11H2,1-2H3;3H,1-2H3;1-2H3/t13-,15+;;/m0../s1. The molecule has 1 N–H and O–H groups in total. The van der Waals surface area contributed by atoms with E-state index in [0.717, 1.165) is 12.8 Å². The number of hydrogen-bond donors (Lipinski definition) is 1. The number of carbonyl (C=O) groups excluding carboxylic acids is 1. The van der Waals surface area contributed by atoms with E-state index in [0.29, 0.717) is 18.3 Å². The summed E-state index contributed by atoms with van der Waals surface area (Å²) < 4.78 is 4.77. The third-order valence-corrected chi connectivity index (χ3v) is 4.01. The zero-order valence-corrected chi connectivity index (χ0v) is 15.8. The predicted molar refractivity (Wildman–Crippen MR) is 98.8 cm³/mol. The second kappa shape index (κ2) is 13.1. The number of methoxy groups -OCH3 is 1. The Morgan fingerprint density at radius 2 is 1.74 bits per heavy atom. The maximum atomic E-state index is 11.3. The van der Waals surface area contributed by atoms with Crippen LogP contribution in [0.4, 0.5) is 0 Å². The summed E-state index contributed by atoms with van der Waals surface area (Å²) in [6.45, 7) is 6.12. The zero-order chi connectivity index (χ0) is 17.7. The number of benzene rings is 1. The molecular weight excluding hydrogens is 286 g/mol. The van der Waals surface area contributed by atoms with E-state index in [1.54, 1.807) is 0 Å². The van der Waals surface area contributed by atoms with Gasteiger partial charge in [0.15, 0.2) is 0 Å². The zero-order valence-electron chi connectivity index (χ0n) is 15.8. The van der Waals surface area contributed by atoms with Crippen molar-refractivity contribution in [1.29, 1.82) is 0 Å². The molecule has 3 heteroatoms. The molecule has 0 radical (unpaired) electrons. The Hall–Kier alpha value is -1.35. The van der Waals surface area contributed by atoms with Gasteiger partial charge in [0.2, 0.25) is 0 Å². The molecule has 2 atom stereocenters. The lowest BCUT2D eigenvalue weighted by molar-refractivity contribution is -0.142. The summed E-state index contributed by atoms with van der Waals surface area (Å²) in [5.74, 6) is 1.05. The summed E-state index contributed by atoms with van der Waals surface area (Å²) in [6, 6.07) is 8.83. The van der Waals surface area contributed by atoms with Crippen molar-refractivity contribution in [3.05, 3.63) is 35.4 Å². The lowest BCUT2D eigenvalue weighted by atomic mass is 9.77. The van der Waals surface area contributed by atoms with E-state index in [4.69, 9.17) is 4.74 Å². The number of hydrogen-bond acceptors (Lipinski definition) is 3. The minimum atomic E-state index is -0.0652. The minimum Gasteiger partial charge on any atom is -0.469 e. The molecule has 1 saturated carbocycles. The monoisotopic (exact) mass is 321 g/mol. The first-order valence-corrected chi connectivity index (χ1v) is 8.82. The van der Waals surface area contributed by atoms with E-state index in [1.807, 2.05) is 27.9 Å². The molecule has 3 nitrogen and oxygen atoms in total. The number of aryl methyl sites for hydroxylation is 1. The van der Waals surface area contributed by atoms with Gasteiger partial charge in [-0.25, -0.2) is 0 Å². The van der Waals surface area contributed by atoms with Crippen LogP contribution in [-0.2, 0) is 9.53 Å². The molecule has 1 aromatic rings. The highest BCUT2D eigenvalue weighted by Gasteiger charge is 2.25. The summed E-state index contributed by atoms with van der Waals surface area (Å²) in [5.41, 5.74) is 2.73. The molecule has 2 rings (SSSR count). The van der Waals surface area contributed by atoms with Gasteiger partial charge < -0.3 is 10.1 Å².